The molecule has 0 amide bonds. The highest BCUT2D eigenvalue weighted by atomic mass is 16.5. The average Bonchev–Trinajstić information content (AvgIpc) is 3.28. The highest BCUT2D eigenvalue weighted by molar-refractivity contribution is 5.71. The molecule has 9 nitrogen and oxygen atoms in total. The molecule has 3 rings (SSSR count). The van der Waals surface area contributed by atoms with E-state index in [2.05, 4.69) is 16.4 Å². The van der Waals surface area contributed by atoms with Crippen molar-refractivity contribution in [1.29, 1.82) is 5.26 Å². The van der Waals surface area contributed by atoms with Gasteiger partial charge in [0.1, 0.15) is 6.07 Å². The van der Waals surface area contributed by atoms with E-state index >= 15 is 0 Å². The minimum Gasteiger partial charge on any atom is -0.493 e. The van der Waals surface area contributed by atoms with E-state index in [1.807, 2.05) is 18.2 Å². The second kappa shape index (κ2) is 11.5. The molecule has 0 aliphatic rings. The van der Waals surface area contributed by atoms with Crippen molar-refractivity contribution in [1.82, 2.24) is 4.98 Å². The molecule has 1 N–H and O–H groups in total. The minimum atomic E-state index is 0.178. The standard InChI is InChI=1S/C25H27N3O6/c1-29-19-8-6-16(12-20(19)30-2)10-11-27-25-18(15-26)28-23(34-25)9-7-17-13-21(31-3)24(33-5)22(14-17)32-4/h6-9,12-14,27H,10-11H2,1-5H3/b9-7+. The van der Waals surface area contributed by atoms with Crippen LogP contribution in [0.1, 0.15) is 22.7 Å². The fourth-order valence-electron chi connectivity index (χ4n) is 3.33. The molecule has 9 heteroatoms. The van der Waals surface area contributed by atoms with Gasteiger partial charge >= 0.3 is 0 Å². The Balaban J connectivity index is 1.71. The summed E-state index contributed by atoms with van der Waals surface area (Å²) in [6, 6.07) is 11.4. The Kier molecular flexibility index (Phi) is 8.24. The summed E-state index contributed by atoms with van der Waals surface area (Å²) in [4.78, 5) is 4.24. The predicted molar refractivity (Wildman–Crippen MR) is 128 cm³/mol. The van der Waals surface area contributed by atoms with Gasteiger partial charge in [-0.3, -0.25) is 0 Å². The molecule has 0 fully saturated rings. The number of methoxy groups -OCH3 is 5. The Morgan fingerprint density at radius 2 is 1.56 bits per heavy atom. The maximum atomic E-state index is 9.44. The van der Waals surface area contributed by atoms with Crippen LogP contribution in [0.15, 0.2) is 34.7 Å². The molecule has 1 aromatic heterocycles. The molecule has 0 aliphatic carbocycles. The number of rotatable bonds is 11. The zero-order valence-corrected chi connectivity index (χ0v) is 19.8. The molecule has 178 valence electrons. The molecule has 0 aliphatic heterocycles. The molecule has 1 heterocycles. The number of oxazole rings is 1. The molecule has 2 aromatic carbocycles. The van der Waals surface area contributed by atoms with Crippen molar-refractivity contribution >= 4 is 18.0 Å². The number of hydrogen-bond donors (Lipinski definition) is 1. The smallest absolute Gasteiger partial charge is 0.232 e. The van der Waals surface area contributed by atoms with Gasteiger partial charge in [0, 0.05) is 12.6 Å². The van der Waals surface area contributed by atoms with Crippen molar-refractivity contribution in [3.05, 3.63) is 53.0 Å². The van der Waals surface area contributed by atoms with E-state index < -0.39 is 0 Å². The summed E-state index contributed by atoms with van der Waals surface area (Å²) < 4.78 is 32.4. The number of nitriles is 1. The Hall–Kier alpha value is -4.32. The van der Waals surface area contributed by atoms with Gasteiger partial charge in [0.15, 0.2) is 23.0 Å². The molecule has 0 saturated heterocycles. The molecule has 0 saturated carbocycles. The lowest BCUT2D eigenvalue weighted by Gasteiger charge is -2.12. The zero-order chi connectivity index (χ0) is 24.5. The highest BCUT2D eigenvalue weighted by Crippen LogP contribution is 2.38. The Bertz CT molecular complexity index is 1170. The van der Waals surface area contributed by atoms with Crippen molar-refractivity contribution in [2.45, 2.75) is 6.42 Å². The normalized spacial score (nSPS) is 10.6. The van der Waals surface area contributed by atoms with Crippen LogP contribution in [0, 0.1) is 11.3 Å². The van der Waals surface area contributed by atoms with Crippen molar-refractivity contribution in [3.63, 3.8) is 0 Å². The van der Waals surface area contributed by atoms with Gasteiger partial charge in [-0.05, 0) is 47.9 Å². The van der Waals surface area contributed by atoms with Crippen LogP contribution in [0.2, 0.25) is 0 Å². The third kappa shape index (κ3) is 5.53. The number of nitrogens with one attached hydrogen (secondary N) is 1. The monoisotopic (exact) mass is 465 g/mol. The quantitative estimate of drug-likeness (QED) is 0.440. The van der Waals surface area contributed by atoms with Crippen LogP contribution in [-0.4, -0.2) is 47.1 Å². The van der Waals surface area contributed by atoms with Gasteiger partial charge in [-0.1, -0.05) is 6.07 Å². The fraction of sp³-hybridized carbons (Fsp3) is 0.280. The summed E-state index contributed by atoms with van der Waals surface area (Å²) >= 11 is 0. The van der Waals surface area contributed by atoms with E-state index in [0.29, 0.717) is 53.5 Å². The van der Waals surface area contributed by atoms with Gasteiger partial charge in [0.05, 0.1) is 35.5 Å². The maximum Gasteiger partial charge on any atom is 0.232 e. The van der Waals surface area contributed by atoms with Gasteiger partial charge in [0.2, 0.25) is 23.2 Å². The molecule has 0 radical (unpaired) electrons. The van der Waals surface area contributed by atoms with Crippen molar-refractivity contribution in [2.24, 2.45) is 0 Å². The number of ether oxygens (including phenoxy) is 5. The Labute approximate surface area is 198 Å². The molecular weight excluding hydrogens is 438 g/mol. The Morgan fingerprint density at radius 3 is 2.15 bits per heavy atom. The predicted octanol–water partition coefficient (Wildman–Crippen LogP) is 4.41. The summed E-state index contributed by atoms with van der Waals surface area (Å²) in [5.41, 5.74) is 2.01. The summed E-state index contributed by atoms with van der Waals surface area (Å²) in [6.07, 6.45) is 4.13. The van der Waals surface area contributed by atoms with E-state index in [1.54, 1.807) is 59.8 Å². The van der Waals surface area contributed by atoms with Gasteiger partial charge in [-0.2, -0.15) is 10.2 Å². The molecule has 0 atom stereocenters. The highest BCUT2D eigenvalue weighted by Gasteiger charge is 2.14. The minimum absolute atomic E-state index is 0.178. The lowest BCUT2D eigenvalue weighted by atomic mass is 10.1. The molecule has 0 bridgehead atoms. The number of aromatic nitrogens is 1. The lowest BCUT2D eigenvalue weighted by Crippen LogP contribution is -2.05. The summed E-state index contributed by atoms with van der Waals surface area (Å²) in [7, 11) is 7.85. The van der Waals surface area contributed by atoms with Gasteiger partial charge in [-0.15, -0.1) is 0 Å². The third-order valence-corrected chi connectivity index (χ3v) is 5.00. The van der Waals surface area contributed by atoms with Crippen LogP contribution in [0.3, 0.4) is 0 Å². The zero-order valence-electron chi connectivity index (χ0n) is 19.8. The number of benzene rings is 2. The van der Waals surface area contributed by atoms with E-state index in [9.17, 15) is 5.26 Å². The second-order valence-electron chi connectivity index (χ2n) is 7.00. The van der Waals surface area contributed by atoms with E-state index in [4.69, 9.17) is 28.1 Å². The van der Waals surface area contributed by atoms with Crippen LogP contribution in [-0.2, 0) is 6.42 Å². The summed E-state index contributed by atoms with van der Waals surface area (Å²) in [6.45, 7) is 0.537. The van der Waals surface area contributed by atoms with Crippen molar-refractivity contribution in [3.8, 4) is 34.8 Å². The van der Waals surface area contributed by atoms with Crippen LogP contribution in [0.25, 0.3) is 12.2 Å². The van der Waals surface area contributed by atoms with Crippen molar-refractivity contribution < 1.29 is 28.1 Å². The largest absolute Gasteiger partial charge is 0.493 e. The van der Waals surface area contributed by atoms with E-state index in [1.165, 1.54) is 0 Å². The molecule has 34 heavy (non-hydrogen) atoms. The van der Waals surface area contributed by atoms with Crippen LogP contribution < -0.4 is 29.0 Å². The topological polar surface area (TPSA) is 108 Å². The average molecular weight is 466 g/mol. The third-order valence-electron chi connectivity index (χ3n) is 5.00. The number of anilines is 1. The van der Waals surface area contributed by atoms with Crippen LogP contribution in [0.5, 0.6) is 28.7 Å². The lowest BCUT2D eigenvalue weighted by molar-refractivity contribution is 0.324. The molecule has 0 unspecified atom stereocenters. The maximum absolute atomic E-state index is 9.44. The van der Waals surface area contributed by atoms with Gasteiger partial charge in [0.25, 0.3) is 0 Å². The second-order valence-corrected chi connectivity index (χ2v) is 7.00. The summed E-state index contributed by atoms with van der Waals surface area (Å²) in [5, 5.41) is 12.6. The van der Waals surface area contributed by atoms with Crippen LogP contribution >= 0.6 is 0 Å². The van der Waals surface area contributed by atoms with Crippen molar-refractivity contribution in [2.75, 3.05) is 47.4 Å². The first-order valence-electron chi connectivity index (χ1n) is 10.4. The summed E-state index contributed by atoms with van der Waals surface area (Å²) in [5.74, 6) is 3.51. The number of nitrogens with zero attached hydrogens (tertiary/aromatic N) is 2. The van der Waals surface area contributed by atoms with Gasteiger partial charge in [-0.25, -0.2) is 0 Å². The molecule has 3 aromatic rings. The molecule has 0 spiro atoms. The Morgan fingerprint density at radius 1 is 0.882 bits per heavy atom. The first kappa shape index (κ1) is 24.3. The van der Waals surface area contributed by atoms with Crippen LogP contribution in [0.4, 0.5) is 5.88 Å². The first-order chi connectivity index (χ1) is 16.6. The number of hydrogen-bond acceptors (Lipinski definition) is 9. The van der Waals surface area contributed by atoms with Gasteiger partial charge < -0.3 is 33.4 Å². The van der Waals surface area contributed by atoms with E-state index in [-0.39, 0.29) is 5.69 Å². The molecular formula is C25H27N3O6. The SMILES string of the molecule is COc1ccc(CCNc2oc(/C=C/c3cc(OC)c(OC)c(OC)c3)nc2C#N)cc1OC. The first-order valence-corrected chi connectivity index (χ1v) is 10.4. The van der Waals surface area contributed by atoms with E-state index in [0.717, 1.165) is 11.1 Å². The fourth-order valence-corrected chi connectivity index (χ4v) is 3.33.